The van der Waals surface area contributed by atoms with Crippen LogP contribution in [-0.2, 0) is 11.3 Å². The lowest BCUT2D eigenvalue weighted by Gasteiger charge is -2.16. The topological polar surface area (TPSA) is 55.1 Å². The van der Waals surface area contributed by atoms with E-state index in [1.54, 1.807) is 19.1 Å². The second-order valence-corrected chi connectivity index (χ2v) is 4.71. The van der Waals surface area contributed by atoms with Gasteiger partial charge in [-0.15, -0.1) is 0 Å². The number of halogens is 1. The van der Waals surface area contributed by atoms with Crippen molar-refractivity contribution in [2.24, 2.45) is 5.73 Å². The lowest BCUT2D eigenvalue weighted by atomic mass is 10.1. The highest BCUT2D eigenvalue weighted by atomic mass is 19.1. The monoisotopic (exact) mass is 272 g/mol. The number of benzene rings is 2. The Bertz CT molecular complexity index is 599. The van der Waals surface area contributed by atoms with E-state index < -0.39 is 11.9 Å². The Morgan fingerprint density at radius 2 is 1.95 bits per heavy atom. The van der Waals surface area contributed by atoms with Gasteiger partial charge in [0.2, 0.25) is 5.91 Å². The average Bonchev–Trinajstić information content (AvgIpc) is 2.44. The lowest BCUT2D eigenvalue weighted by molar-refractivity contribution is -0.120. The first-order valence-electron chi connectivity index (χ1n) is 6.40. The second kappa shape index (κ2) is 6.30. The molecule has 0 saturated heterocycles. The number of rotatable bonds is 5. The van der Waals surface area contributed by atoms with Crippen LogP contribution in [0.1, 0.15) is 22.7 Å². The van der Waals surface area contributed by atoms with Gasteiger partial charge in [-0.05, 0) is 29.7 Å². The number of primary amides is 1. The molecule has 3 N–H and O–H groups in total. The summed E-state index contributed by atoms with van der Waals surface area (Å²) in [5, 5.41) is 3.10. The van der Waals surface area contributed by atoms with Crippen molar-refractivity contribution in [1.82, 2.24) is 5.32 Å². The molecule has 0 aliphatic carbocycles. The fourth-order valence-corrected chi connectivity index (χ4v) is 2.06. The maximum absolute atomic E-state index is 13.2. The second-order valence-electron chi connectivity index (χ2n) is 4.71. The highest BCUT2D eigenvalue weighted by molar-refractivity contribution is 5.81. The van der Waals surface area contributed by atoms with E-state index in [9.17, 15) is 9.18 Å². The Morgan fingerprint density at radius 3 is 2.55 bits per heavy atom. The summed E-state index contributed by atoms with van der Waals surface area (Å²) >= 11 is 0. The quantitative estimate of drug-likeness (QED) is 0.878. The first kappa shape index (κ1) is 14.2. The number of nitrogens with two attached hydrogens (primary N) is 1. The van der Waals surface area contributed by atoms with Crippen LogP contribution in [0.3, 0.4) is 0 Å². The van der Waals surface area contributed by atoms with Gasteiger partial charge in [0.15, 0.2) is 0 Å². The molecule has 3 nitrogen and oxygen atoms in total. The van der Waals surface area contributed by atoms with Crippen LogP contribution in [0.5, 0.6) is 0 Å². The van der Waals surface area contributed by atoms with Gasteiger partial charge in [-0.3, -0.25) is 10.1 Å². The summed E-state index contributed by atoms with van der Waals surface area (Å²) in [4.78, 5) is 11.5. The third-order valence-corrected chi connectivity index (χ3v) is 3.15. The molecule has 4 heteroatoms. The van der Waals surface area contributed by atoms with Crippen LogP contribution in [-0.4, -0.2) is 5.91 Å². The van der Waals surface area contributed by atoms with Crippen molar-refractivity contribution >= 4 is 5.91 Å². The molecule has 0 radical (unpaired) electrons. The summed E-state index contributed by atoms with van der Waals surface area (Å²) in [5.41, 5.74) is 7.74. The fraction of sp³-hybridized carbons (Fsp3) is 0.188. The van der Waals surface area contributed by atoms with E-state index in [4.69, 9.17) is 5.73 Å². The van der Waals surface area contributed by atoms with Gasteiger partial charge in [-0.1, -0.05) is 42.5 Å². The van der Waals surface area contributed by atoms with Gasteiger partial charge in [0.05, 0.1) is 0 Å². The Hall–Kier alpha value is -2.20. The molecule has 0 aromatic heterocycles. The smallest absolute Gasteiger partial charge is 0.239 e. The van der Waals surface area contributed by atoms with Crippen LogP contribution in [0.4, 0.5) is 4.39 Å². The number of aryl methyl sites for hydroxylation is 1. The molecule has 2 rings (SSSR count). The highest BCUT2D eigenvalue weighted by Gasteiger charge is 2.16. The molecule has 1 amide bonds. The Balaban J connectivity index is 2.10. The minimum absolute atomic E-state index is 0.233. The molecule has 2 aromatic carbocycles. The van der Waals surface area contributed by atoms with Crippen molar-refractivity contribution in [2.45, 2.75) is 19.5 Å². The molecule has 20 heavy (non-hydrogen) atoms. The number of amides is 1. The molecule has 0 fully saturated rings. The summed E-state index contributed by atoms with van der Waals surface area (Å²) in [7, 11) is 0. The number of hydrogen-bond donors (Lipinski definition) is 2. The summed E-state index contributed by atoms with van der Waals surface area (Å²) < 4.78 is 13.2. The van der Waals surface area contributed by atoms with Crippen LogP contribution in [0, 0.1) is 12.7 Å². The van der Waals surface area contributed by atoms with E-state index in [0.29, 0.717) is 12.1 Å². The van der Waals surface area contributed by atoms with E-state index in [0.717, 1.165) is 11.1 Å². The van der Waals surface area contributed by atoms with E-state index in [-0.39, 0.29) is 5.82 Å². The zero-order chi connectivity index (χ0) is 14.5. The molecule has 0 heterocycles. The molecular weight excluding hydrogens is 255 g/mol. The van der Waals surface area contributed by atoms with Crippen molar-refractivity contribution in [3.05, 3.63) is 71.0 Å². The molecule has 1 unspecified atom stereocenters. The zero-order valence-corrected chi connectivity index (χ0v) is 11.3. The molecule has 0 aliphatic rings. The Labute approximate surface area is 117 Å². The normalized spacial score (nSPS) is 12.1. The zero-order valence-electron chi connectivity index (χ0n) is 11.3. The predicted molar refractivity (Wildman–Crippen MR) is 76.4 cm³/mol. The molecule has 0 spiro atoms. The summed E-state index contributed by atoms with van der Waals surface area (Å²) in [6.07, 6.45) is 0. The van der Waals surface area contributed by atoms with E-state index >= 15 is 0 Å². The molecule has 2 aromatic rings. The van der Waals surface area contributed by atoms with Gasteiger partial charge in [-0.25, -0.2) is 4.39 Å². The maximum Gasteiger partial charge on any atom is 0.239 e. The summed E-state index contributed by atoms with van der Waals surface area (Å²) in [6, 6.07) is 13.6. The third-order valence-electron chi connectivity index (χ3n) is 3.15. The molecule has 0 saturated carbocycles. The predicted octanol–water partition coefficient (Wildman–Crippen LogP) is 2.45. The molecule has 104 valence electrons. The highest BCUT2D eigenvalue weighted by Crippen LogP contribution is 2.14. The van der Waals surface area contributed by atoms with Crippen LogP contribution in [0.15, 0.2) is 48.5 Å². The third kappa shape index (κ3) is 3.42. The van der Waals surface area contributed by atoms with E-state index in [1.807, 2.05) is 30.3 Å². The van der Waals surface area contributed by atoms with E-state index in [1.165, 1.54) is 6.07 Å². The largest absolute Gasteiger partial charge is 0.368 e. The van der Waals surface area contributed by atoms with Crippen LogP contribution >= 0.6 is 0 Å². The average molecular weight is 272 g/mol. The lowest BCUT2D eigenvalue weighted by Crippen LogP contribution is -2.33. The van der Waals surface area contributed by atoms with Crippen molar-refractivity contribution < 1.29 is 9.18 Å². The van der Waals surface area contributed by atoms with Gasteiger partial charge in [0.25, 0.3) is 0 Å². The standard InChI is InChI=1S/C16H17FN2O/c1-11-9-12(7-8-14(11)17)10-19-15(16(18)20)13-5-3-2-4-6-13/h2-9,15,19H,10H2,1H3,(H2,18,20). The maximum atomic E-state index is 13.2. The number of carbonyl (C=O) groups excluding carboxylic acids is 1. The van der Waals surface area contributed by atoms with Crippen molar-refractivity contribution in [3.63, 3.8) is 0 Å². The molecule has 0 bridgehead atoms. The van der Waals surface area contributed by atoms with Gasteiger partial charge in [0, 0.05) is 6.54 Å². The van der Waals surface area contributed by atoms with Gasteiger partial charge in [-0.2, -0.15) is 0 Å². The van der Waals surface area contributed by atoms with Crippen LogP contribution < -0.4 is 11.1 Å². The first-order valence-corrected chi connectivity index (χ1v) is 6.40. The Morgan fingerprint density at radius 1 is 1.25 bits per heavy atom. The van der Waals surface area contributed by atoms with Crippen molar-refractivity contribution in [3.8, 4) is 0 Å². The van der Waals surface area contributed by atoms with Gasteiger partial charge >= 0.3 is 0 Å². The van der Waals surface area contributed by atoms with Crippen molar-refractivity contribution in [2.75, 3.05) is 0 Å². The minimum atomic E-state index is -0.554. The van der Waals surface area contributed by atoms with Crippen LogP contribution in [0.2, 0.25) is 0 Å². The SMILES string of the molecule is Cc1cc(CNC(C(N)=O)c2ccccc2)ccc1F. The van der Waals surface area contributed by atoms with Crippen LogP contribution in [0.25, 0.3) is 0 Å². The summed E-state index contributed by atoms with van der Waals surface area (Å²) in [5.74, 6) is -0.668. The first-order chi connectivity index (χ1) is 9.58. The molecule has 1 atom stereocenters. The number of nitrogens with one attached hydrogen (secondary N) is 1. The van der Waals surface area contributed by atoms with E-state index in [2.05, 4.69) is 5.32 Å². The minimum Gasteiger partial charge on any atom is -0.368 e. The summed E-state index contributed by atoms with van der Waals surface area (Å²) in [6.45, 7) is 2.16. The van der Waals surface area contributed by atoms with Gasteiger partial charge < -0.3 is 5.73 Å². The van der Waals surface area contributed by atoms with Gasteiger partial charge in [0.1, 0.15) is 11.9 Å². The number of carbonyl (C=O) groups is 1. The van der Waals surface area contributed by atoms with Crippen molar-refractivity contribution in [1.29, 1.82) is 0 Å². The molecule has 0 aliphatic heterocycles. The number of hydrogen-bond acceptors (Lipinski definition) is 2. The Kier molecular flexibility index (Phi) is 4.48. The molecular formula is C16H17FN2O. The fourth-order valence-electron chi connectivity index (χ4n) is 2.06.